The van der Waals surface area contributed by atoms with E-state index in [0.717, 1.165) is 22.4 Å². The van der Waals surface area contributed by atoms with Gasteiger partial charge in [-0.25, -0.2) is 9.78 Å². The Labute approximate surface area is 136 Å². The van der Waals surface area contributed by atoms with Crippen LogP contribution in [0.3, 0.4) is 0 Å². The van der Waals surface area contributed by atoms with Crippen LogP contribution in [0.15, 0.2) is 6.20 Å². The zero-order valence-corrected chi connectivity index (χ0v) is 14.1. The normalized spacial score (nSPS) is 19.8. The minimum Gasteiger partial charge on any atom is -0.465 e. The lowest BCUT2D eigenvalue weighted by Crippen LogP contribution is -2.50. The van der Waals surface area contributed by atoms with Crippen LogP contribution < -0.4 is 5.32 Å². The molecule has 2 atom stereocenters. The van der Waals surface area contributed by atoms with Crippen LogP contribution in [0.5, 0.6) is 0 Å². The number of likely N-dealkylation sites (tertiary alicyclic amines) is 1. The Morgan fingerprint density at radius 3 is 2.81 bits per heavy atom. The molecule has 1 aromatic heterocycles. The predicted octanol–water partition coefficient (Wildman–Crippen LogP) is 1.97. The third-order valence-corrected chi connectivity index (χ3v) is 4.18. The SMILES string of the molecule is CC(C)[C@H](NC(=O)O)C(=O)N1CCC[C@H]1c1ncc(I)[nH]1. The van der Waals surface area contributed by atoms with E-state index in [1.807, 2.05) is 13.8 Å². The van der Waals surface area contributed by atoms with Gasteiger partial charge in [0.05, 0.1) is 15.9 Å². The van der Waals surface area contributed by atoms with Crippen molar-refractivity contribution in [3.05, 3.63) is 15.7 Å². The third-order valence-electron chi connectivity index (χ3n) is 3.63. The number of carboxylic acid groups (broad SMARTS) is 1. The van der Waals surface area contributed by atoms with Gasteiger partial charge in [0.2, 0.25) is 5.91 Å². The quantitative estimate of drug-likeness (QED) is 0.666. The first-order chi connectivity index (χ1) is 9.90. The monoisotopic (exact) mass is 406 g/mol. The largest absolute Gasteiger partial charge is 0.465 e. The molecule has 3 N–H and O–H groups in total. The van der Waals surface area contributed by atoms with E-state index >= 15 is 0 Å². The molecule has 1 aliphatic heterocycles. The van der Waals surface area contributed by atoms with Gasteiger partial charge in [-0.1, -0.05) is 13.8 Å². The lowest BCUT2D eigenvalue weighted by molar-refractivity contribution is -0.135. The number of hydrogen-bond acceptors (Lipinski definition) is 3. The predicted molar refractivity (Wildman–Crippen MR) is 84.8 cm³/mol. The van der Waals surface area contributed by atoms with E-state index in [1.165, 1.54) is 0 Å². The maximum atomic E-state index is 12.7. The van der Waals surface area contributed by atoms with Crippen LogP contribution in [-0.4, -0.2) is 44.6 Å². The lowest BCUT2D eigenvalue weighted by Gasteiger charge is -2.29. The number of amides is 2. The molecule has 116 valence electrons. The van der Waals surface area contributed by atoms with Crippen LogP contribution in [-0.2, 0) is 4.79 Å². The van der Waals surface area contributed by atoms with Crippen molar-refractivity contribution < 1.29 is 14.7 Å². The van der Waals surface area contributed by atoms with Crippen LogP contribution in [0.25, 0.3) is 0 Å². The highest BCUT2D eigenvalue weighted by atomic mass is 127. The summed E-state index contributed by atoms with van der Waals surface area (Å²) in [5, 5.41) is 11.2. The summed E-state index contributed by atoms with van der Waals surface area (Å²) >= 11 is 2.14. The highest BCUT2D eigenvalue weighted by Crippen LogP contribution is 2.31. The van der Waals surface area contributed by atoms with E-state index in [9.17, 15) is 9.59 Å². The van der Waals surface area contributed by atoms with Gasteiger partial charge in [-0.3, -0.25) is 4.79 Å². The van der Waals surface area contributed by atoms with E-state index in [2.05, 4.69) is 37.9 Å². The summed E-state index contributed by atoms with van der Waals surface area (Å²) in [4.78, 5) is 32.7. The van der Waals surface area contributed by atoms with Crippen molar-refractivity contribution in [2.24, 2.45) is 5.92 Å². The van der Waals surface area contributed by atoms with E-state index in [1.54, 1.807) is 11.1 Å². The molecule has 1 aromatic rings. The van der Waals surface area contributed by atoms with Gasteiger partial charge in [0.25, 0.3) is 0 Å². The Morgan fingerprint density at radius 2 is 2.29 bits per heavy atom. The molecule has 2 heterocycles. The molecular weight excluding hydrogens is 387 g/mol. The highest BCUT2D eigenvalue weighted by molar-refractivity contribution is 14.1. The molecule has 0 aromatic carbocycles. The smallest absolute Gasteiger partial charge is 0.405 e. The van der Waals surface area contributed by atoms with Gasteiger partial charge < -0.3 is 20.3 Å². The second kappa shape index (κ2) is 6.63. The van der Waals surface area contributed by atoms with Gasteiger partial charge in [0, 0.05) is 6.54 Å². The number of halogens is 1. The molecule has 0 spiro atoms. The fourth-order valence-corrected chi connectivity index (χ4v) is 3.04. The fraction of sp³-hybridized carbons (Fsp3) is 0.615. The second-order valence-corrected chi connectivity index (χ2v) is 6.64. The van der Waals surface area contributed by atoms with E-state index < -0.39 is 12.1 Å². The van der Waals surface area contributed by atoms with Crippen molar-refractivity contribution in [1.29, 1.82) is 0 Å². The number of hydrogen-bond donors (Lipinski definition) is 3. The van der Waals surface area contributed by atoms with Gasteiger partial charge in [-0.2, -0.15) is 0 Å². The Balaban J connectivity index is 2.17. The summed E-state index contributed by atoms with van der Waals surface area (Å²) < 4.78 is 0.922. The molecule has 1 saturated heterocycles. The van der Waals surface area contributed by atoms with Crippen molar-refractivity contribution >= 4 is 34.6 Å². The van der Waals surface area contributed by atoms with Gasteiger partial charge in [-0.15, -0.1) is 0 Å². The Bertz CT molecular complexity index is 531. The number of imidazole rings is 1. The molecule has 8 heteroatoms. The van der Waals surface area contributed by atoms with E-state index in [4.69, 9.17) is 5.11 Å². The summed E-state index contributed by atoms with van der Waals surface area (Å²) in [6.45, 7) is 4.30. The van der Waals surface area contributed by atoms with Crippen molar-refractivity contribution in [2.75, 3.05) is 6.54 Å². The van der Waals surface area contributed by atoms with Crippen molar-refractivity contribution in [2.45, 2.75) is 38.8 Å². The lowest BCUT2D eigenvalue weighted by atomic mass is 10.0. The molecular formula is C13H19IN4O3. The number of carbonyl (C=O) groups is 2. The number of H-pyrrole nitrogens is 1. The van der Waals surface area contributed by atoms with Gasteiger partial charge in [0.15, 0.2) is 0 Å². The van der Waals surface area contributed by atoms with Gasteiger partial charge in [0.1, 0.15) is 11.9 Å². The van der Waals surface area contributed by atoms with E-state index in [-0.39, 0.29) is 17.9 Å². The first-order valence-electron chi connectivity index (χ1n) is 6.90. The van der Waals surface area contributed by atoms with Crippen molar-refractivity contribution in [3.63, 3.8) is 0 Å². The van der Waals surface area contributed by atoms with Crippen molar-refractivity contribution in [3.8, 4) is 0 Å². The number of nitrogens with one attached hydrogen (secondary N) is 2. The molecule has 2 rings (SSSR count). The molecule has 0 unspecified atom stereocenters. The van der Waals surface area contributed by atoms with Crippen LogP contribution in [0.4, 0.5) is 4.79 Å². The second-order valence-electron chi connectivity index (χ2n) is 5.48. The average molecular weight is 406 g/mol. The summed E-state index contributed by atoms with van der Waals surface area (Å²) in [6.07, 6.45) is 2.29. The number of carbonyl (C=O) groups excluding carboxylic acids is 1. The zero-order valence-electron chi connectivity index (χ0n) is 12.0. The Hall–Kier alpha value is -1.32. The molecule has 1 fully saturated rings. The third kappa shape index (κ3) is 3.66. The summed E-state index contributed by atoms with van der Waals surface area (Å²) in [7, 11) is 0. The van der Waals surface area contributed by atoms with E-state index in [0.29, 0.717) is 6.54 Å². The maximum Gasteiger partial charge on any atom is 0.405 e. The molecule has 0 saturated carbocycles. The Kier molecular flexibility index (Phi) is 5.07. The van der Waals surface area contributed by atoms with Crippen LogP contribution in [0.1, 0.15) is 38.6 Å². The molecule has 0 aliphatic carbocycles. The topological polar surface area (TPSA) is 98.3 Å². The first kappa shape index (κ1) is 16.1. The number of aromatic nitrogens is 2. The van der Waals surface area contributed by atoms with Crippen LogP contribution in [0, 0.1) is 9.62 Å². The number of nitrogens with zero attached hydrogens (tertiary/aromatic N) is 2. The van der Waals surface area contributed by atoms with Gasteiger partial charge in [-0.05, 0) is 41.4 Å². The molecule has 0 radical (unpaired) electrons. The number of aromatic amines is 1. The highest BCUT2D eigenvalue weighted by Gasteiger charge is 2.37. The molecule has 1 aliphatic rings. The number of rotatable bonds is 4. The van der Waals surface area contributed by atoms with Crippen LogP contribution in [0.2, 0.25) is 0 Å². The van der Waals surface area contributed by atoms with Crippen LogP contribution >= 0.6 is 22.6 Å². The maximum absolute atomic E-state index is 12.7. The van der Waals surface area contributed by atoms with Crippen molar-refractivity contribution in [1.82, 2.24) is 20.2 Å². The molecule has 21 heavy (non-hydrogen) atoms. The minimum atomic E-state index is -1.18. The standard InChI is InChI=1S/C13H19IN4O3/c1-7(2)10(17-13(20)21)12(19)18-5-3-4-8(18)11-15-6-9(14)16-11/h6-8,10,17H,3-5H2,1-2H3,(H,15,16)(H,20,21)/t8-,10-/m0/s1. The average Bonchev–Trinajstić information content (AvgIpc) is 3.02. The van der Waals surface area contributed by atoms with Gasteiger partial charge >= 0.3 is 6.09 Å². The molecule has 0 bridgehead atoms. The fourth-order valence-electron chi connectivity index (χ4n) is 2.62. The first-order valence-corrected chi connectivity index (χ1v) is 7.98. The molecule has 7 nitrogen and oxygen atoms in total. The Morgan fingerprint density at radius 1 is 1.57 bits per heavy atom. The molecule has 2 amide bonds. The summed E-state index contributed by atoms with van der Waals surface area (Å²) in [5.41, 5.74) is 0. The minimum absolute atomic E-state index is 0.0992. The summed E-state index contributed by atoms with van der Waals surface area (Å²) in [6, 6.07) is -0.824. The zero-order chi connectivity index (χ0) is 15.6. The summed E-state index contributed by atoms with van der Waals surface area (Å²) in [5.74, 6) is 0.482.